The molecule has 5 nitrogen and oxygen atoms in total. The number of esters is 1. The molecule has 2 rings (SSSR count). The van der Waals surface area contributed by atoms with E-state index in [0.717, 1.165) is 11.1 Å². The van der Waals surface area contributed by atoms with Crippen molar-refractivity contribution in [3.63, 3.8) is 0 Å². The summed E-state index contributed by atoms with van der Waals surface area (Å²) < 4.78 is 29.2. The van der Waals surface area contributed by atoms with E-state index in [1.54, 1.807) is 0 Å². The van der Waals surface area contributed by atoms with Crippen molar-refractivity contribution in [1.82, 2.24) is 4.90 Å². The monoisotopic (exact) mass is 297 g/mol. The molecule has 110 valence electrons. The molecule has 1 aromatic carbocycles. The van der Waals surface area contributed by atoms with Crippen LogP contribution in [0.25, 0.3) is 0 Å². The summed E-state index contributed by atoms with van der Waals surface area (Å²) in [5.41, 5.74) is 1.94. The largest absolute Gasteiger partial charge is 0.465 e. The van der Waals surface area contributed by atoms with Gasteiger partial charge in [0.2, 0.25) is 0 Å². The Morgan fingerprint density at radius 3 is 2.55 bits per heavy atom. The molecular formula is C14H19NO4S. The molecule has 0 aromatic heterocycles. The number of carbonyl (C=O) groups is 1. The van der Waals surface area contributed by atoms with Crippen molar-refractivity contribution in [3.05, 3.63) is 28.8 Å². The Balaban J connectivity index is 2.69. The lowest BCUT2D eigenvalue weighted by atomic mass is 9.98. The molecule has 1 atom stereocenters. The van der Waals surface area contributed by atoms with Gasteiger partial charge in [-0.15, -0.1) is 0 Å². The van der Waals surface area contributed by atoms with Gasteiger partial charge in [-0.2, -0.15) is 0 Å². The Bertz CT molecular complexity index is 649. The number of sulfone groups is 1. The molecule has 1 heterocycles. The van der Waals surface area contributed by atoms with Crippen LogP contribution >= 0.6 is 0 Å². The van der Waals surface area contributed by atoms with Gasteiger partial charge in [0.25, 0.3) is 0 Å². The van der Waals surface area contributed by atoms with Crippen LogP contribution in [-0.2, 0) is 21.0 Å². The fourth-order valence-electron chi connectivity index (χ4n) is 2.58. The SMILES string of the molecule is CCc1cc2c(cc1C(=O)OC)S(=O)(=O)CC2N(C)C. The first kappa shape index (κ1) is 15.0. The van der Waals surface area contributed by atoms with Gasteiger partial charge in [-0.3, -0.25) is 0 Å². The van der Waals surface area contributed by atoms with Gasteiger partial charge in [-0.25, -0.2) is 13.2 Å². The van der Waals surface area contributed by atoms with Crippen LogP contribution in [0, 0.1) is 0 Å². The van der Waals surface area contributed by atoms with Gasteiger partial charge in [0.1, 0.15) is 0 Å². The number of hydrogen-bond acceptors (Lipinski definition) is 5. The van der Waals surface area contributed by atoms with Gasteiger partial charge >= 0.3 is 5.97 Å². The zero-order valence-electron chi connectivity index (χ0n) is 12.1. The average Bonchev–Trinajstić information content (AvgIpc) is 2.68. The number of carbonyl (C=O) groups excluding carboxylic acids is 1. The number of ether oxygens (including phenoxy) is 1. The molecule has 1 aliphatic heterocycles. The number of benzene rings is 1. The summed E-state index contributed by atoms with van der Waals surface area (Å²) in [6.45, 7) is 1.93. The third-order valence-corrected chi connectivity index (χ3v) is 5.49. The predicted molar refractivity (Wildman–Crippen MR) is 75.6 cm³/mol. The average molecular weight is 297 g/mol. The first-order valence-corrected chi connectivity index (χ1v) is 8.11. The molecule has 0 radical (unpaired) electrons. The molecule has 6 heteroatoms. The molecule has 0 aliphatic carbocycles. The number of methoxy groups -OCH3 is 1. The first-order valence-electron chi connectivity index (χ1n) is 6.46. The lowest BCUT2D eigenvalue weighted by molar-refractivity contribution is 0.0599. The molecule has 0 fully saturated rings. The summed E-state index contributed by atoms with van der Waals surface area (Å²) in [5.74, 6) is -0.434. The second-order valence-corrected chi connectivity index (χ2v) is 7.16. The van der Waals surface area contributed by atoms with E-state index in [-0.39, 0.29) is 16.7 Å². The maximum atomic E-state index is 12.3. The quantitative estimate of drug-likeness (QED) is 0.790. The minimum atomic E-state index is -3.34. The van der Waals surface area contributed by atoms with Crippen LogP contribution in [0.5, 0.6) is 0 Å². The third-order valence-electron chi connectivity index (χ3n) is 3.72. The topological polar surface area (TPSA) is 63.7 Å². The van der Waals surface area contributed by atoms with E-state index in [1.165, 1.54) is 13.2 Å². The van der Waals surface area contributed by atoms with Crippen molar-refractivity contribution in [2.24, 2.45) is 0 Å². The summed E-state index contributed by atoms with van der Waals surface area (Å²) >= 11 is 0. The minimum Gasteiger partial charge on any atom is -0.465 e. The highest BCUT2D eigenvalue weighted by atomic mass is 32.2. The van der Waals surface area contributed by atoms with Crippen LogP contribution in [0.1, 0.15) is 34.5 Å². The summed E-state index contributed by atoms with van der Waals surface area (Å²) in [4.78, 5) is 13.9. The molecule has 0 N–H and O–H groups in total. The van der Waals surface area contributed by atoms with Gasteiger partial charge in [-0.05, 0) is 37.7 Å². The second-order valence-electron chi connectivity index (χ2n) is 5.15. The second kappa shape index (κ2) is 5.18. The van der Waals surface area contributed by atoms with Crippen LogP contribution in [-0.4, -0.2) is 46.2 Å². The lowest BCUT2D eigenvalue weighted by Crippen LogP contribution is -2.21. The Kier molecular flexibility index (Phi) is 3.88. The summed E-state index contributed by atoms with van der Waals surface area (Å²) in [5, 5.41) is 0. The number of hydrogen-bond donors (Lipinski definition) is 0. The van der Waals surface area contributed by atoms with E-state index >= 15 is 0 Å². The summed E-state index contributed by atoms with van der Waals surface area (Å²) in [7, 11) is 1.67. The molecular weight excluding hydrogens is 278 g/mol. The van der Waals surface area contributed by atoms with Gasteiger partial charge < -0.3 is 9.64 Å². The van der Waals surface area contributed by atoms with Crippen LogP contribution in [0.2, 0.25) is 0 Å². The standard InChI is InChI=1S/C14H19NO4S/c1-5-9-6-11-12(15(2)3)8-20(17,18)13(11)7-10(9)14(16)19-4/h6-7,12H,5,8H2,1-4H3. The number of rotatable bonds is 3. The highest BCUT2D eigenvalue weighted by molar-refractivity contribution is 7.91. The summed E-state index contributed by atoms with van der Waals surface area (Å²) in [6.07, 6.45) is 0.651. The van der Waals surface area contributed by atoms with Crippen LogP contribution < -0.4 is 0 Å². The van der Waals surface area contributed by atoms with E-state index < -0.39 is 15.8 Å². The van der Waals surface area contributed by atoms with E-state index in [2.05, 4.69) is 0 Å². The highest BCUT2D eigenvalue weighted by Crippen LogP contribution is 2.38. The molecule has 0 amide bonds. The van der Waals surface area contributed by atoms with Gasteiger partial charge in [0.15, 0.2) is 9.84 Å². The predicted octanol–water partition coefficient (Wildman–Crippen LogP) is 1.43. The molecule has 1 aliphatic rings. The Hall–Kier alpha value is -1.40. The van der Waals surface area contributed by atoms with Crippen LogP contribution in [0.3, 0.4) is 0 Å². The molecule has 0 saturated heterocycles. The minimum absolute atomic E-state index is 0.0586. The van der Waals surface area contributed by atoms with Crippen molar-refractivity contribution < 1.29 is 17.9 Å². The molecule has 1 unspecified atom stereocenters. The van der Waals surface area contributed by atoms with E-state index in [0.29, 0.717) is 12.0 Å². The van der Waals surface area contributed by atoms with E-state index in [4.69, 9.17) is 4.74 Å². The van der Waals surface area contributed by atoms with Gasteiger partial charge in [-0.1, -0.05) is 13.0 Å². The van der Waals surface area contributed by atoms with Crippen molar-refractivity contribution in [3.8, 4) is 0 Å². The fraction of sp³-hybridized carbons (Fsp3) is 0.500. The van der Waals surface area contributed by atoms with Crippen molar-refractivity contribution in [2.45, 2.75) is 24.3 Å². The van der Waals surface area contributed by atoms with Crippen molar-refractivity contribution in [1.29, 1.82) is 0 Å². The zero-order chi connectivity index (χ0) is 15.1. The normalized spacial score (nSPS) is 19.9. The van der Waals surface area contributed by atoms with Crippen LogP contribution in [0.15, 0.2) is 17.0 Å². The molecule has 0 bridgehead atoms. The number of fused-ring (bicyclic) bond motifs is 1. The van der Waals surface area contributed by atoms with E-state index in [9.17, 15) is 13.2 Å². The molecule has 0 saturated carbocycles. The zero-order valence-corrected chi connectivity index (χ0v) is 13.0. The molecule has 20 heavy (non-hydrogen) atoms. The van der Waals surface area contributed by atoms with Gasteiger partial charge in [0.05, 0.1) is 23.3 Å². The van der Waals surface area contributed by atoms with Crippen molar-refractivity contribution in [2.75, 3.05) is 27.0 Å². The first-order chi connectivity index (χ1) is 9.31. The van der Waals surface area contributed by atoms with Crippen molar-refractivity contribution >= 4 is 15.8 Å². The fourth-order valence-corrected chi connectivity index (χ4v) is 4.50. The third kappa shape index (κ3) is 2.33. The maximum Gasteiger partial charge on any atom is 0.338 e. The highest BCUT2D eigenvalue weighted by Gasteiger charge is 2.37. The Morgan fingerprint density at radius 2 is 2.05 bits per heavy atom. The Labute approximate surface area is 119 Å². The molecule has 1 aromatic rings. The number of nitrogens with zero attached hydrogens (tertiary/aromatic N) is 1. The van der Waals surface area contributed by atoms with E-state index in [1.807, 2.05) is 32.0 Å². The lowest BCUT2D eigenvalue weighted by Gasteiger charge is -2.19. The van der Waals surface area contributed by atoms with Crippen LogP contribution in [0.4, 0.5) is 0 Å². The summed E-state index contributed by atoms with van der Waals surface area (Å²) in [6, 6.07) is 3.14. The number of aryl methyl sites for hydroxylation is 1. The smallest absolute Gasteiger partial charge is 0.338 e. The molecule has 0 spiro atoms. The van der Waals surface area contributed by atoms with Gasteiger partial charge in [0, 0.05) is 6.04 Å². The maximum absolute atomic E-state index is 12.3. The Morgan fingerprint density at radius 1 is 1.40 bits per heavy atom.